The van der Waals surface area contributed by atoms with E-state index in [1.165, 1.54) is 28.6 Å². The third-order valence-corrected chi connectivity index (χ3v) is 7.37. The van der Waals surface area contributed by atoms with Crippen molar-refractivity contribution in [2.75, 3.05) is 24.1 Å². The molecule has 1 aliphatic rings. The number of amides is 1. The quantitative estimate of drug-likeness (QED) is 0.565. The molecule has 8 heteroatoms. The molecule has 1 unspecified atom stereocenters. The standard InChI is InChI=1S/C25H26N2O5S/c1-3-27(21-7-5-4-6-8-21)33(29,30)22-12-9-19(10-13-22)25(28)26-18(2)20-11-14-23-24(17-20)32-16-15-31-23/h4-14,17-18H,3,15-16H2,1-2H3,(H,26,28). The number of hydrogen-bond acceptors (Lipinski definition) is 5. The third-order valence-electron chi connectivity index (χ3n) is 5.45. The summed E-state index contributed by atoms with van der Waals surface area (Å²) in [7, 11) is -3.75. The van der Waals surface area contributed by atoms with Gasteiger partial charge in [0.1, 0.15) is 13.2 Å². The lowest BCUT2D eigenvalue weighted by atomic mass is 10.1. The average Bonchev–Trinajstić information content (AvgIpc) is 2.84. The Hall–Kier alpha value is -3.52. The van der Waals surface area contributed by atoms with Crippen LogP contribution in [0.1, 0.15) is 35.8 Å². The zero-order valence-corrected chi connectivity index (χ0v) is 19.3. The summed E-state index contributed by atoms with van der Waals surface area (Å²) in [6.07, 6.45) is 0. The van der Waals surface area contributed by atoms with E-state index in [0.29, 0.717) is 42.5 Å². The highest BCUT2D eigenvalue weighted by Crippen LogP contribution is 2.32. The molecule has 0 fully saturated rings. The lowest BCUT2D eigenvalue weighted by Gasteiger charge is -2.23. The van der Waals surface area contributed by atoms with Gasteiger partial charge in [-0.25, -0.2) is 8.42 Å². The van der Waals surface area contributed by atoms with Crippen LogP contribution in [0.2, 0.25) is 0 Å². The molecule has 3 aromatic carbocycles. The Morgan fingerprint density at radius 2 is 1.64 bits per heavy atom. The molecular formula is C25H26N2O5S. The normalized spacial score (nSPS) is 13.8. The molecule has 0 spiro atoms. The Kier molecular flexibility index (Phi) is 6.55. The zero-order valence-electron chi connectivity index (χ0n) is 18.5. The molecule has 0 saturated heterocycles. The second-order valence-electron chi connectivity index (χ2n) is 7.63. The molecule has 0 bridgehead atoms. The summed E-state index contributed by atoms with van der Waals surface area (Å²) in [5.74, 6) is 1.06. The van der Waals surface area contributed by atoms with Crippen LogP contribution >= 0.6 is 0 Å². The van der Waals surface area contributed by atoms with Gasteiger partial charge in [0.25, 0.3) is 15.9 Å². The summed E-state index contributed by atoms with van der Waals surface area (Å²) < 4.78 is 38.7. The van der Waals surface area contributed by atoms with Gasteiger partial charge in [0.15, 0.2) is 11.5 Å². The number of carbonyl (C=O) groups excluding carboxylic acids is 1. The van der Waals surface area contributed by atoms with E-state index in [4.69, 9.17) is 9.47 Å². The second kappa shape index (κ2) is 9.54. The first-order valence-corrected chi connectivity index (χ1v) is 12.2. The molecule has 4 rings (SSSR count). The highest BCUT2D eigenvalue weighted by Gasteiger charge is 2.24. The Morgan fingerprint density at radius 1 is 0.970 bits per heavy atom. The maximum absolute atomic E-state index is 13.1. The van der Waals surface area contributed by atoms with Gasteiger partial charge in [-0.2, -0.15) is 0 Å². The lowest BCUT2D eigenvalue weighted by Crippen LogP contribution is -2.31. The Labute approximate surface area is 194 Å². The summed E-state index contributed by atoms with van der Waals surface area (Å²) in [6, 6.07) is 20.2. The first-order chi connectivity index (χ1) is 15.9. The minimum atomic E-state index is -3.75. The first kappa shape index (κ1) is 22.7. The van der Waals surface area contributed by atoms with Crippen molar-refractivity contribution in [1.82, 2.24) is 5.32 Å². The average molecular weight is 467 g/mol. The summed E-state index contributed by atoms with van der Waals surface area (Å²) >= 11 is 0. The maximum atomic E-state index is 13.1. The van der Waals surface area contributed by atoms with Crippen molar-refractivity contribution in [3.63, 3.8) is 0 Å². The molecule has 1 aliphatic heterocycles. The number of rotatable bonds is 7. The summed E-state index contributed by atoms with van der Waals surface area (Å²) in [6.45, 7) is 4.96. The van der Waals surface area contributed by atoms with Gasteiger partial charge in [-0.3, -0.25) is 9.10 Å². The number of nitrogens with zero attached hydrogens (tertiary/aromatic N) is 1. The fourth-order valence-electron chi connectivity index (χ4n) is 3.68. The molecule has 0 radical (unpaired) electrons. The number of benzene rings is 3. The minimum Gasteiger partial charge on any atom is -0.486 e. The summed E-state index contributed by atoms with van der Waals surface area (Å²) in [4.78, 5) is 12.9. The topological polar surface area (TPSA) is 84.9 Å². The van der Waals surface area contributed by atoms with E-state index in [1.54, 1.807) is 31.2 Å². The molecule has 7 nitrogen and oxygen atoms in total. The van der Waals surface area contributed by atoms with E-state index in [-0.39, 0.29) is 16.8 Å². The van der Waals surface area contributed by atoms with E-state index in [1.807, 2.05) is 31.2 Å². The molecule has 1 amide bonds. The number of ether oxygens (including phenoxy) is 2. The molecule has 1 heterocycles. The van der Waals surface area contributed by atoms with E-state index < -0.39 is 10.0 Å². The van der Waals surface area contributed by atoms with Gasteiger partial charge < -0.3 is 14.8 Å². The number of carbonyl (C=O) groups is 1. The first-order valence-electron chi connectivity index (χ1n) is 10.8. The Bertz CT molecular complexity index is 1230. The number of fused-ring (bicyclic) bond motifs is 1. The smallest absolute Gasteiger partial charge is 0.264 e. The third kappa shape index (κ3) is 4.80. The largest absolute Gasteiger partial charge is 0.486 e. The molecule has 0 aromatic heterocycles. The van der Waals surface area contributed by atoms with Crippen molar-refractivity contribution >= 4 is 21.6 Å². The minimum absolute atomic E-state index is 0.129. The van der Waals surface area contributed by atoms with Gasteiger partial charge in [-0.15, -0.1) is 0 Å². The Morgan fingerprint density at radius 3 is 2.30 bits per heavy atom. The fraction of sp³-hybridized carbons (Fsp3) is 0.240. The van der Waals surface area contributed by atoms with Crippen molar-refractivity contribution in [1.29, 1.82) is 0 Å². The van der Waals surface area contributed by atoms with Crippen LogP contribution < -0.4 is 19.1 Å². The van der Waals surface area contributed by atoms with Crippen LogP contribution in [-0.4, -0.2) is 34.1 Å². The van der Waals surface area contributed by atoms with Gasteiger partial charge in [-0.05, 0) is 67.9 Å². The van der Waals surface area contributed by atoms with E-state index in [2.05, 4.69) is 5.32 Å². The van der Waals surface area contributed by atoms with E-state index in [0.717, 1.165) is 5.56 Å². The monoisotopic (exact) mass is 466 g/mol. The predicted molar refractivity (Wildman–Crippen MR) is 126 cm³/mol. The fourth-order valence-corrected chi connectivity index (χ4v) is 5.16. The van der Waals surface area contributed by atoms with Crippen LogP contribution in [0.15, 0.2) is 77.7 Å². The van der Waals surface area contributed by atoms with Crippen molar-refractivity contribution in [2.24, 2.45) is 0 Å². The highest BCUT2D eigenvalue weighted by molar-refractivity contribution is 7.92. The molecule has 33 heavy (non-hydrogen) atoms. The number of anilines is 1. The van der Waals surface area contributed by atoms with Gasteiger partial charge in [0.05, 0.1) is 16.6 Å². The highest BCUT2D eigenvalue weighted by atomic mass is 32.2. The van der Waals surface area contributed by atoms with Crippen LogP contribution in [0, 0.1) is 0 Å². The van der Waals surface area contributed by atoms with Crippen LogP contribution in [0.4, 0.5) is 5.69 Å². The number of nitrogens with one attached hydrogen (secondary N) is 1. The van der Waals surface area contributed by atoms with Crippen LogP contribution in [-0.2, 0) is 10.0 Å². The van der Waals surface area contributed by atoms with Gasteiger partial charge in [0, 0.05) is 12.1 Å². The summed E-state index contributed by atoms with van der Waals surface area (Å²) in [5, 5.41) is 2.94. The maximum Gasteiger partial charge on any atom is 0.264 e. The SMILES string of the molecule is CCN(c1ccccc1)S(=O)(=O)c1ccc(C(=O)NC(C)c2ccc3c(c2)OCCO3)cc1. The number of sulfonamides is 1. The van der Waals surface area contributed by atoms with Crippen LogP contribution in [0.5, 0.6) is 11.5 Å². The van der Waals surface area contributed by atoms with Gasteiger partial charge in [-0.1, -0.05) is 24.3 Å². The Balaban J connectivity index is 1.48. The molecule has 3 aromatic rings. The molecule has 0 saturated carbocycles. The second-order valence-corrected chi connectivity index (χ2v) is 9.49. The van der Waals surface area contributed by atoms with Crippen molar-refractivity contribution in [2.45, 2.75) is 24.8 Å². The van der Waals surface area contributed by atoms with Crippen molar-refractivity contribution in [3.8, 4) is 11.5 Å². The number of hydrogen-bond donors (Lipinski definition) is 1. The predicted octanol–water partition coefficient (Wildman–Crippen LogP) is 4.16. The summed E-state index contributed by atoms with van der Waals surface area (Å²) in [5.41, 5.74) is 1.85. The molecular weight excluding hydrogens is 440 g/mol. The molecule has 1 atom stereocenters. The van der Waals surface area contributed by atoms with Crippen LogP contribution in [0.3, 0.4) is 0 Å². The molecule has 172 valence electrons. The van der Waals surface area contributed by atoms with Crippen molar-refractivity contribution in [3.05, 3.63) is 83.9 Å². The lowest BCUT2D eigenvalue weighted by molar-refractivity contribution is 0.0939. The number of para-hydroxylation sites is 1. The van der Waals surface area contributed by atoms with Crippen LogP contribution in [0.25, 0.3) is 0 Å². The van der Waals surface area contributed by atoms with E-state index >= 15 is 0 Å². The zero-order chi connectivity index (χ0) is 23.4. The molecule has 0 aliphatic carbocycles. The molecule has 1 N–H and O–H groups in total. The van der Waals surface area contributed by atoms with Gasteiger partial charge in [0.2, 0.25) is 0 Å². The van der Waals surface area contributed by atoms with Gasteiger partial charge >= 0.3 is 0 Å². The van der Waals surface area contributed by atoms with E-state index in [9.17, 15) is 13.2 Å². The van der Waals surface area contributed by atoms with Crippen molar-refractivity contribution < 1.29 is 22.7 Å².